The van der Waals surface area contributed by atoms with E-state index in [1.807, 2.05) is 0 Å². The van der Waals surface area contributed by atoms with Crippen LogP contribution in [0.2, 0.25) is 0 Å². The quantitative estimate of drug-likeness (QED) is 0.755. The molecule has 7 heteroatoms. The van der Waals surface area contributed by atoms with Crippen molar-refractivity contribution >= 4 is 11.7 Å². The summed E-state index contributed by atoms with van der Waals surface area (Å²) >= 11 is 0. The van der Waals surface area contributed by atoms with Crippen molar-refractivity contribution in [2.45, 2.75) is 6.92 Å². The number of amides is 1. The van der Waals surface area contributed by atoms with Crippen molar-refractivity contribution in [3.05, 3.63) is 18.1 Å². The highest BCUT2D eigenvalue weighted by molar-refractivity contribution is 5.91. The lowest BCUT2D eigenvalue weighted by Crippen LogP contribution is -2.41. The zero-order chi connectivity index (χ0) is 15.9. The predicted octanol–water partition coefficient (Wildman–Crippen LogP) is 0.337. The van der Waals surface area contributed by atoms with Gasteiger partial charge in [-0.1, -0.05) is 0 Å². The van der Waals surface area contributed by atoms with E-state index in [-0.39, 0.29) is 5.91 Å². The smallest absolute Gasteiger partial charge is 0.273 e. The zero-order valence-corrected chi connectivity index (χ0v) is 13.7. The lowest BCUT2D eigenvalue weighted by Gasteiger charge is -2.30. The van der Waals surface area contributed by atoms with Crippen LogP contribution in [0.3, 0.4) is 0 Å². The summed E-state index contributed by atoms with van der Waals surface area (Å²) in [6.45, 7) is 8.30. The van der Waals surface area contributed by atoms with Gasteiger partial charge in [0, 0.05) is 46.8 Å². The Balaban J connectivity index is 2.00. The third-order valence-electron chi connectivity index (χ3n) is 3.74. The van der Waals surface area contributed by atoms with E-state index >= 15 is 0 Å². The minimum absolute atomic E-state index is 0.126. The molecule has 1 aliphatic rings. The van der Waals surface area contributed by atoms with Gasteiger partial charge >= 0.3 is 0 Å². The molecule has 0 unspecified atom stereocenters. The van der Waals surface area contributed by atoms with Crippen LogP contribution in [0.4, 0.5) is 5.82 Å². The van der Waals surface area contributed by atoms with Crippen LogP contribution in [0.15, 0.2) is 12.4 Å². The summed E-state index contributed by atoms with van der Waals surface area (Å²) in [5.74, 6) is 0.627. The highest BCUT2D eigenvalue weighted by atomic mass is 16.5. The number of likely N-dealkylation sites (N-methyl/N-ethyl adjacent to an activating group) is 1. The molecule has 0 radical (unpaired) electrons. The number of hydrogen-bond donors (Lipinski definition) is 0. The second kappa shape index (κ2) is 8.05. The van der Waals surface area contributed by atoms with Gasteiger partial charge in [-0.3, -0.25) is 14.7 Å². The molecule has 0 aromatic carbocycles. The third-order valence-corrected chi connectivity index (χ3v) is 3.74. The minimum Gasteiger partial charge on any atom is -0.379 e. The lowest BCUT2D eigenvalue weighted by molar-refractivity contribution is 0.0392. The Bertz CT molecular complexity index is 489. The van der Waals surface area contributed by atoms with E-state index < -0.39 is 0 Å². The van der Waals surface area contributed by atoms with Crippen LogP contribution in [0.5, 0.6) is 0 Å². The summed E-state index contributed by atoms with van der Waals surface area (Å²) in [6.07, 6.45) is 3.23. The van der Waals surface area contributed by atoms with E-state index in [2.05, 4.69) is 26.7 Å². The highest BCUT2D eigenvalue weighted by Crippen LogP contribution is 2.11. The third kappa shape index (κ3) is 4.38. The Morgan fingerprint density at radius 3 is 2.68 bits per heavy atom. The van der Waals surface area contributed by atoms with Crippen LogP contribution in [-0.4, -0.2) is 85.7 Å². The SMILES string of the molecule is CCN(CCN1CCOCC1)c1cncc(C(=O)N(C)C)n1. The highest BCUT2D eigenvalue weighted by Gasteiger charge is 2.15. The molecular weight excluding hydrogens is 282 g/mol. The maximum atomic E-state index is 12.0. The number of ether oxygens (including phenoxy) is 1. The molecule has 7 nitrogen and oxygen atoms in total. The Labute approximate surface area is 131 Å². The molecule has 1 aliphatic heterocycles. The Morgan fingerprint density at radius 2 is 2.05 bits per heavy atom. The van der Waals surface area contributed by atoms with Gasteiger partial charge in [-0.2, -0.15) is 0 Å². The summed E-state index contributed by atoms with van der Waals surface area (Å²) in [5, 5.41) is 0. The number of nitrogens with zero attached hydrogens (tertiary/aromatic N) is 5. The molecule has 0 bridgehead atoms. The summed E-state index contributed by atoms with van der Waals surface area (Å²) in [4.78, 5) is 26.7. The standard InChI is InChI=1S/C15H25N5O2/c1-4-20(6-5-19-7-9-22-10-8-19)14-12-16-11-13(17-14)15(21)18(2)3/h11-12H,4-10H2,1-3H3. The normalized spacial score (nSPS) is 15.6. The fraction of sp³-hybridized carbons (Fsp3) is 0.667. The molecule has 0 N–H and O–H groups in total. The fourth-order valence-corrected chi connectivity index (χ4v) is 2.36. The van der Waals surface area contributed by atoms with Crippen molar-refractivity contribution in [2.75, 3.05) is 64.9 Å². The lowest BCUT2D eigenvalue weighted by atomic mass is 10.3. The first-order chi connectivity index (χ1) is 10.6. The van der Waals surface area contributed by atoms with Crippen LogP contribution in [-0.2, 0) is 4.74 Å². The van der Waals surface area contributed by atoms with E-state index in [0.717, 1.165) is 51.8 Å². The van der Waals surface area contributed by atoms with Crippen LogP contribution < -0.4 is 4.90 Å². The van der Waals surface area contributed by atoms with Crippen molar-refractivity contribution in [3.8, 4) is 0 Å². The maximum absolute atomic E-state index is 12.0. The van der Waals surface area contributed by atoms with E-state index in [9.17, 15) is 4.79 Å². The number of carbonyl (C=O) groups excluding carboxylic acids is 1. The van der Waals surface area contributed by atoms with Gasteiger partial charge in [-0.15, -0.1) is 0 Å². The van der Waals surface area contributed by atoms with Crippen LogP contribution >= 0.6 is 0 Å². The Hall–Kier alpha value is -1.73. The van der Waals surface area contributed by atoms with Crippen molar-refractivity contribution in [2.24, 2.45) is 0 Å². The average Bonchev–Trinajstić information content (AvgIpc) is 2.56. The molecule has 0 spiro atoms. The Morgan fingerprint density at radius 1 is 1.32 bits per heavy atom. The van der Waals surface area contributed by atoms with Gasteiger partial charge in [0.25, 0.3) is 5.91 Å². The molecule has 1 amide bonds. The fourth-order valence-electron chi connectivity index (χ4n) is 2.36. The topological polar surface area (TPSA) is 61.8 Å². The van der Waals surface area contributed by atoms with E-state index in [1.165, 1.54) is 11.1 Å². The molecule has 1 saturated heterocycles. The molecule has 1 fully saturated rings. The molecule has 1 aromatic rings. The van der Waals surface area contributed by atoms with Gasteiger partial charge in [0.2, 0.25) is 0 Å². The first-order valence-electron chi connectivity index (χ1n) is 7.70. The molecule has 0 atom stereocenters. The van der Waals surface area contributed by atoms with E-state index in [0.29, 0.717) is 5.69 Å². The molecule has 122 valence electrons. The monoisotopic (exact) mass is 307 g/mol. The number of anilines is 1. The molecular formula is C15H25N5O2. The van der Waals surface area contributed by atoms with E-state index in [1.54, 1.807) is 20.3 Å². The van der Waals surface area contributed by atoms with Gasteiger partial charge in [-0.25, -0.2) is 4.98 Å². The predicted molar refractivity (Wildman–Crippen MR) is 85.2 cm³/mol. The van der Waals surface area contributed by atoms with Gasteiger partial charge in [-0.05, 0) is 6.92 Å². The summed E-state index contributed by atoms with van der Waals surface area (Å²) in [5.41, 5.74) is 0.382. The number of hydrogen-bond acceptors (Lipinski definition) is 6. The van der Waals surface area contributed by atoms with Crippen molar-refractivity contribution < 1.29 is 9.53 Å². The summed E-state index contributed by atoms with van der Waals surface area (Å²) in [7, 11) is 3.43. The van der Waals surface area contributed by atoms with Gasteiger partial charge < -0.3 is 14.5 Å². The second-order valence-electron chi connectivity index (χ2n) is 5.50. The number of carbonyl (C=O) groups is 1. The molecule has 2 heterocycles. The first-order valence-corrected chi connectivity index (χ1v) is 7.70. The molecule has 1 aromatic heterocycles. The molecule has 2 rings (SSSR count). The van der Waals surface area contributed by atoms with Crippen molar-refractivity contribution in [1.29, 1.82) is 0 Å². The molecule has 0 saturated carbocycles. The molecule has 0 aliphatic carbocycles. The number of aromatic nitrogens is 2. The molecule has 22 heavy (non-hydrogen) atoms. The van der Waals surface area contributed by atoms with Crippen molar-refractivity contribution in [1.82, 2.24) is 19.8 Å². The van der Waals surface area contributed by atoms with Gasteiger partial charge in [0.05, 0.1) is 25.6 Å². The largest absolute Gasteiger partial charge is 0.379 e. The van der Waals surface area contributed by atoms with Gasteiger partial charge in [0.1, 0.15) is 11.5 Å². The van der Waals surface area contributed by atoms with Crippen LogP contribution in [0, 0.1) is 0 Å². The second-order valence-corrected chi connectivity index (χ2v) is 5.50. The van der Waals surface area contributed by atoms with Crippen LogP contribution in [0.1, 0.15) is 17.4 Å². The number of rotatable bonds is 6. The summed E-state index contributed by atoms with van der Waals surface area (Å²) in [6, 6.07) is 0. The van der Waals surface area contributed by atoms with E-state index in [4.69, 9.17) is 4.74 Å². The zero-order valence-electron chi connectivity index (χ0n) is 13.7. The number of morpholine rings is 1. The average molecular weight is 307 g/mol. The maximum Gasteiger partial charge on any atom is 0.273 e. The minimum atomic E-state index is -0.126. The van der Waals surface area contributed by atoms with Gasteiger partial charge in [0.15, 0.2) is 0 Å². The van der Waals surface area contributed by atoms with Crippen molar-refractivity contribution in [3.63, 3.8) is 0 Å². The Kier molecular flexibility index (Phi) is 6.09. The summed E-state index contributed by atoms with van der Waals surface area (Å²) < 4.78 is 5.36. The first kappa shape index (κ1) is 16.6. The van der Waals surface area contributed by atoms with Crippen LogP contribution in [0.25, 0.3) is 0 Å².